The summed E-state index contributed by atoms with van der Waals surface area (Å²) in [5.74, 6) is -0.851. The zero-order valence-corrected chi connectivity index (χ0v) is 14.1. The van der Waals surface area contributed by atoms with Crippen LogP contribution >= 0.6 is 0 Å². The molecule has 1 amide bonds. The zero-order valence-electron chi connectivity index (χ0n) is 14.1. The molecule has 1 aromatic heterocycles. The summed E-state index contributed by atoms with van der Waals surface area (Å²) < 4.78 is 40.3. The molecule has 5 nitrogen and oxygen atoms in total. The predicted octanol–water partition coefficient (Wildman–Crippen LogP) is 3.72. The van der Waals surface area contributed by atoms with E-state index in [1.807, 2.05) is 0 Å². The van der Waals surface area contributed by atoms with Crippen LogP contribution in [0.15, 0.2) is 65.5 Å². The van der Waals surface area contributed by atoms with Gasteiger partial charge < -0.3 is 5.32 Å². The summed E-state index contributed by atoms with van der Waals surface area (Å²) in [5, 5.41) is 6.57. The summed E-state index contributed by atoms with van der Waals surface area (Å²) in [6.45, 7) is 0. The number of rotatable bonds is 3. The fraction of sp³-hybridized carbons (Fsp3) is 0.105. The second-order valence-electron chi connectivity index (χ2n) is 5.76. The minimum atomic E-state index is -4.62. The van der Waals surface area contributed by atoms with E-state index < -0.39 is 23.2 Å². The van der Waals surface area contributed by atoms with Gasteiger partial charge in [0.2, 0.25) is 0 Å². The lowest BCUT2D eigenvalue weighted by molar-refractivity contribution is -0.137. The minimum Gasteiger partial charge on any atom is -0.322 e. The summed E-state index contributed by atoms with van der Waals surface area (Å²) in [5.41, 5.74) is -0.101. The highest BCUT2D eigenvalue weighted by atomic mass is 19.4. The van der Waals surface area contributed by atoms with Gasteiger partial charge in [0.15, 0.2) is 0 Å². The molecule has 0 aliphatic carbocycles. The number of anilines is 1. The van der Waals surface area contributed by atoms with Crippen LogP contribution in [0.2, 0.25) is 0 Å². The van der Waals surface area contributed by atoms with Crippen LogP contribution in [0.3, 0.4) is 0 Å². The highest BCUT2D eigenvalue weighted by Crippen LogP contribution is 2.32. The zero-order chi connectivity index (χ0) is 19.6. The first kappa shape index (κ1) is 18.4. The standard InChI is InChI=1S/C19H14F3N3O2/c1-25-17(26)11-10-16(24-25)12-6-8-13(9-7-12)23-18(27)14-4-2-3-5-15(14)19(20,21)22/h2-11H,1H3,(H,23,27). The second-order valence-corrected chi connectivity index (χ2v) is 5.76. The van der Waals surface area contributed by atoms with Crippen LogP contribution in [0.5, 0.6) is 0 Å². The number of aromatic nitrogens is 2. The van der Waals surface area contributed by atoms with E-state index in [9.17, 15) is 22.8 Å². The van der Waals surface area contributed by atoms with E-state index in [-0.39, 0.29) is 5.56 Å². The number of carbonyl (C=O) groups is 1. The molecule has 3 aromatic rings. The average molecular weight is 373 g/mol. The van der Waals surface area contributed by atoms with Crippen molar-refractivity contribution in [3.63, 3.8) is 0 Å². The van der Waals surface area contributed by atoms with Gasteiger partial charge in [-0.25, -0.2) is 4.68 Å². The summed E-state index contributed by atoms with van der Waals surface area (Å²) >= 11 is 0. The Hall–Kier alpha value is -3.42. The molecule has 3 rings (SSSR count). The Kier molecular flexibility index (Phi) is 4.81. The molecule has 138 valence electrons. The molecule has 0 atom stereocenters. The molecule has 2 aromatic carbocycles. The monoisotopic (exact) mass is 373 g/mol. The van der Waals surface area contributed by atoms with E-state index in [1.165, 1.54) is 29.9 Å². The van der Waals surface area contributed by atoms with Gasteiger partial charge in [-0.05, 0) is 30.3 Å². The maximum atomic E-state index is 13.0. The van der Waals surface area contributed by atoms with Crippen molar-refractivity contribution < 1.29 is 18.0 Å². The fourth-order valence-corrected chi connectivity index (χ4v) is 2.51. The lowest BCUT2D eigenvalue weighted by Gasteiger charge is -2.13. The molecule has 1 N–H and O–H groups in total. The molecule has 0 radical (unpaired) electrons. The van der Waals surface area contributed by atoms with Gasteiger partial charge in [-0.1, -0.05) is 24.3 Å². The van der Waals surface area contributed by atoms with Crippen molar-refractivity contribution in [2.75, 3.05) is 5.32 Å². The fourth-order valence-electron chi connectivity index (χ4n) is 2.51. The Balaban J connectivity index is 1.82. The average Bonchev–Trinajstić information content (AvgIpc) is 2.64. The van der Waals surface area contributed by atoms with Gasteiger partial charge in [0.1, 0.15) is 0 Å². The van der Waals surface area contributed by atoms with Crippen LogP contribution < -0.4 is 10.9 Å². The maximum Gasteiger partial charge on any atom is 0.417 e. The number of nitrogens with zero attached hydrogens (tertiary/aromatic N) is 2. The van der Waals surface area contributed by atoms with E-state index in [4.69, 9.17) is 0 Å². The molecule has 0 saturated heterocycles. The quantitative estimate of drug-likeness (QED) is 0.761. The van der Waals surface area contributed by atoms with Crippen LogP contribution in [0.4, 0.5) is 18.9 Å². The van der Waals surface area contributed by atoms with Crippen molar-refractivity contribution >= 4 is 11.6 Å². The third-order valence-electron chi connectivity index (χ3n) is 3.88. The second kappa shape index (κ2) is 7.06. The maximum absolute atomic E-state index is 13.0. The summed E-state index contributed by atoms with van der Waals surface area (Å²) in [7, 11) is 1.53. The van der Waals surface area contributed by atoms with Gasteiger partial charge in [-0.3, -0.25) is 9.59 Å². The molecule has 0 spiro atoms. The molecular weight excluding hydrogens is 359 g/mol. The van der Waals surface area contributed by atoms with Crippen LogP contribution in [-0.2, 0) is 13.2 Å². The van der Waals surface area contributed by atoms with Crippen molar-refractivity contribution in [3.8, 4) is 11.3 Å². The summed E-state index contributed by atoms with van der Waals surface area (Å²) in [4.78, 5) is 23.6. The minimum absolute atomic E-state index is 0.244. The topological polar surface area (TPSA) is 64.0 Å². The third kappa shape index (κ3) is 4.05. The number of carbonyl (C=O) groups excluding carboxylic acids is 1. The summed E-state index contributed by atoms with van der Waals surface area (Å²) in [6.07, 6.45) is -4.62. The number of nitrogens with one attached hydrogen (secondary N) is 1. The number of benzene rings is 2. The normalized spacial score (nSPS) is 11.3. The molecule has 0 saturated carbocycles. The first-order chi connectivity index (χ1) is 12.8. The molecular formula is C19H14F3N3O2. The molecule has 27 heavy (non-hydrogen) atoms. The van der Waals surface area contributed by atoms with Gasteiger partial charge in [0.05, 0.1) is 16.8 Å². The smallest absolute Gasteiger partial charge is 0.322 e. The number of hydrogen-bond acceptors (Lipinski definition) is 3. The Morgan fingerprint density at radius 2 is 1.67 bits per heavy atom. The lowest BCUT2D eigenvalue weighted by Crippen LogP contribution is -2.18. The Bertz CT molecular complexity index is 1040. The molecule has 0 aliphatic rings. The van der Waals surface area contributed by atoms with Gasteiger partial charge in [0, 0.05) is 24.4 Å². The van der Waals surface area contributed by atoms with Crippen molar-refractivity contribution in [3.05, 3.63) is 82.1 Å². The highest BCUT2D eigenvalue weighted by Gasteiger charge is 2.34. The third-order valence-corrected chi connectivity index (χ3v) is 3.88. The lowest BCUT2D eigenvalue weighted by atomic mass is 10.1. The molecule has 0 aliphatic heterocycles. The van der Waals surface area contributed by atoms with E-state index >= 15 is 0 Å². The van der Waals surface area contributed by atoms with E-state index in [0.717, 1.165) is 12.1 Å². The summed E-state index contributed by atoms with van der Waals surface area (Å²) in [6, 6.07) is 13.9. The molecule has 8 heteroatoms. The van der Waals surface area contributed by atoms with E-state index in [2.05, 4.69) is 10.4 Å². The number of hydrogen-bond donors (Lipinski definition) is 1. The molecule has 0 unspecified atom stereocenters. The molecule has 0 bridgehead atoms. The van der Waals surface area contributed by atoms with Crippen LogP contribution in [0.25, 0.3) is 11.3 Å². The first-order valence-electron chi connectivity index (χ1n) is 7.88. The number of halogens is 3. The number of amides is 1. The van der Waals surface area contributed by atoms with Gasteiger partial charge in [0.25, 0.3) is 11.5 Å². The van der Waals surface area contributed by atoms with Gasteiger partial charge in [-0.2, -0.15) is 18.3 Å². The Morgan fingerprint density at radius 1 is 1.00 bits per heavy atom. The number of aryl methyl sites for hydroxylation is 1. The number of alkyl halides is 3. The largest absolute Gasteiger partial charge is 0.417 e. The predicted molar refractivity (Wildman–Crippen MR) is 94.3 cm³/mol. The van der Waals surface area contributed by atoms with Crippen LogP contribution in [0.1, 0.15) is 15.9 Å². The van der Waals surface area contributed by atoms with Crippen molar-refractivity contribution in [1.82, 2.24) is 9.78 Å². The van der Waals surface area contributed by atoms with Gasteiger partial charge >= 0.3 is 6.18 Å². The SMILES string of the molecule is Cn1nc(-c2ccc(NC(=O)c3ccccc3C(F)(F)F)cc2)ccc1=O. The first-order valence-corrected chi connectivity index (χ1v) is 7.88. The highest BCUT2D eigenvalue weighted by molar-refractivity contribution is 6.05. The Labute approximate surface area is 152 Å². The van der Waals surface area contributed by atoms with Crippen LogP contribution in [0, 0.1) is 0 Å². The van der Waals surface area contributed by atoms with Crippen molar-refractivity contribution in [2.24, 2.45) is 7.05 Å². The Morgan fingerprint density at radius 3 is 2.30 bits per heavy atom. The molecule has 1 heterocycles. The molecule has 0 fully saturated rings. The van der Waals surface area contributed by atoms with Crippen LogP contribution in [-0.4, -0.2) is 15.7 Å². The van der Waals surface area contributed by atoms with E-state index in [0.29, 0.717) is 16.9 Å². The van der Waals surface area contributed by atoms with Crippen molar-refractivity contribution in [2.45, 2.75) is 6.18 Å². The van der Waals surface area contributed by atoms with Crippen molar-refractivity contribution in [1.29, 1.82) is 0 Å². The van der Waals surface area contributed by atoms with E-state index in [1.54, 1.807) is 30.3 Å². The van der Waals surface area contributed by atoms with Gasteiger partial charge in [-0.15, -0.1) is 0 Å².